The van der Waals surface area contributed by atoms with E-state index in [1.54, 1.807) is 0 Å². The Morgan fingerprint density at radius 1 is 1.29 bits per heavy atom. The minimum absolute atomic E-state index is 0.691. The van der Waals surface area contributed by atoms with Gasteiger partial charge in [-0.2, -0.15) is 0 Å². The smallest absolute Gasteiger partial charge is 0.0146 e. The van der Waals surface area contributed by atoms with Crippen LogP contribution in [0.15, 0.2) is 11.1 Å². The normalized spacial score (nSPS) is 35.4. The molecule has 0 saturated carbocycles. The Kier molecular flexibility index (Phi) is 3.51. The van der Waals surface area contributed by atoms with Gasteiger partial charge in [-0.05, 0) is 56.5 Å². The van der Waals surface area contributed by atoms with E-state index in [1.165, 1.54) is 32.4 Å². The zero-order valence-electron chi connectivity index (χ0n) is 8.93. The van der Waals surface area contributed by atoms with Crippen LogP contribution in [0.1, 0.15) is 32.6 Å². The lowest BCUT2D eigenvalue weighted by atomic mass is 9.75. The number of piperidine rings is 1. The zero-order valence-corrected chi connectivity index (χ0v) is 9.69. The minimum Gasteiger partial charge on any atom is -0.317 e. The maximum atomic E-state index is 6.17. The molecule has 0 aromatic heterocycles. The van der Waals surface area contributed by atoms with Crippen molar-refractivity contribution in [3.05, 3.63) is 11.1 Å². The van der Waals surface area contributed by atoms with Gasteiger partial charge in [-0.15, -0.1) is 0 Å². The Morgan fingerprint density at radius 3 is 2.64 bits per heavy atom. The van der Waals surface area contributed by atoms with Crippen LogP contribution in [0, 0.1) is 17.8 Å². The predicted octanol–water partition coefficient (Wildman–Crippen LogP) is 3.15. The summed E-state index contributed by atoms with van der Waals surface area (Å²) in [7, 11) is 0. The summed E-state index contributed by atoms with van der Waals surface area (Å²) < 4.78 is 0. The highest BCUT2D eigenvalue weighted by Gasteiger charge is 2.27. The first-order valence-electron chi connectivity index (χ1n) is 5.82. The molecule has 0 bridgehead atoms. The van der Waals surface area contributed by atoms with Crippen LogP contribution in [0.5, 0.6) is 0 Å². The van der Waals surface area contributed by atoms with Gasteiger partial charge in [0.05, 0.1) is 0 Å². The third-order valence-electron chi connectivity index (χ3n) is 3.65. The molecule has 0 radical (unpaired) electrons. The highest BCUT2D eigenvalue weighted by atomic mass is 35.5. The summed E-state index contributed by atoms with van der Waals surface area (Å²) in [5.41, 5.74) is 0. The molecule has 1 aliphatic carbocycles. The molecule has 1 nitrogen and oxygen atoms in total. The van der Waals surface area contributed by atoms with Crippen molar-refractivity contribution < 1.29 is 0 Å². The van der Waals surface area contributed by atoms with E-state index in [4.69, 9.17) is 11.6 Å². The van der Waals surface area contributed by atoms with Crippen molar-refractivity contribution in [2.75, 3.05) is 13.1 Å². The quantitative estimate of drug-likeness (QED) is 0.706. The Bertz CT molecular complexity index is 218. The van der Waals surface area contributed by atoms with Crippen molar-refractivity contribution >= 4 is 11.6 Å². The van der Waals surface area contributed by atoms with Crippen LogP contribution < -0.4 is 5.32 Å². The fourth-order valence-electron chi connectivity index (χ4n) is 2.93. The van der Waals surface area contributed by atoms with Crippen molar-refractivity contribution in [3.63, 3.8) is 0 Å². The molecule has 0 aromatic carbocycles. The largest absolute Gasteiger partial charge is 0.317 e. The minimum atomic E-state index is 0.691. The summed E-state index contributed by atoms with van der Waals surface area (Å²) in [6.07, 6.45) is 7.42. The molecule has 2 aliphatic rings. The van der Waals surface area contributed by atoms with Gasteiger partial charge < -0.3 is 5.32 Å². The van der Waals surface area contributed by atoms with E-state index in [0.29, 0.717) is 5.92 Å². The van der Waals surface area contributed by atoms with Gasteiger partial charge in [0.25, 0.3) is 0 Å². The molecule has 1 heterocycles. The summed E-state index contributed by atoms with van der Waals surface area (Å²) in [5, 5.41) is 4.53. The number of halogens is 1. The van der Waals surface area contributed by atoms with Crippen LogP contribution >= 0.6 is 11.6 Å². The van der Waals surface area contributed by atoms with Gasteiger partial charge in [0.1, 0.15) is 0 Å². The fraction of sp³-hybridized carbons (Fsp3) is 0.833. The molecule has 1 aliphatic heterocycles. The van der Waals surface area contributed by atoms with E-state index in [1.807, 2.05) is 0 Å². The van der Waals surface area contributed by atoms with Crippen molar-refractivity contribution in [2.45, 2.75) is 32.6 Å². The molecule has 2 rings (SSSR count). The third kappa shape index (κ3) is 2.52. The molecule has 0 spiro atoms. The van der Waals surface area contributed by atoms with E-state index in [0.717, 1.165) is 23.3 Å². The Hall–Kier alpha value is -0.0100. The van der Waals surface area contributed by atoms with Crippen LogP contribution in [0.4, 0.5) is 0 Å². The lowest BCUT2D eigenvalue weighted by molar-refractivity contribution is 0.225. The maximum Gasteiger partial charge on any atom is 0.0146 e. The topological polar surface area (TPSA) is 12.0 Å². The number of allylic oxidation sites excluding steroid dienone is 2. The highest BCUT2D eigenvalue weighted by Crippen LogP contribution is 2.37. The monoisotopic (exact) mass is 213 g/mol. The van der Waals surface area contributed by atoms with E-state index < -0.39 is 0 Å². The van der Waals surface area contributed by atoms with Gasteiger partial charge in [-0.25, -0.2) is 0 Å². The van der Waals surface area contributed by atoms with Gasteiger partial charge in [0.15, 0.2) is 0 Å². The number of hydrogen-bond acceptors (Lipinski definition) is 1. The van der Waals surface area contributed by atoms with Crippen LogP contribution in [0.2, 0.25) is 0 Å². The number of nitrogens with one attached hydrogen (secondary N) is 1. The summed E-state index contributed by atoms with van der Waals surface area (Å²) in [5.74, 6) is 2.46. The summed E-state index contributed by atoms with van der Waals surface area (Å²) in [6.45, 7) is 4.70. The molecule has 1 saturated heterocycles. The number of rotatable bonds is 1. The standard InChI is InChI=1S/C12H20ClN/c1-9-6-11(8-12(13)7-9)10-2-4-14-5-3-10/h7,9-11,14H,2-6,8H2,1H3. The van der Waals surface area contributed by atoms with Crippen molar-refractivity contribution in [1.29, 1.82) is 0 Å². The lowest BCUT2D eigenvalue weighted by Crippen LogP contribution is -2.33. The molecule has 0 aromatic rings. The Balaban J connectivity index is 1.94. The molecule has 0 amide bonds. The maximum absolute atomic E-state index is 6.17. The van der Waals surface area contributed by atoms with Crippen LogP contribution in [0.25, 0.3) is 0 Å². The first kappa shape index (κ1) is 10.5. The first-order chi connectivity index (χ1) is 6.75. The third-order valence-corrected chi connectivity index (χ3v) is 3.93. The molecule has 1 fully saturated rings. The van der Waals surface area contributed by atoms with Crippen LogP contribution in [0.3, 0.4) is 0 Å². The Morgan fingerprint density at radius 2 is 2.00 bits per heavy atom. The highest BCUT2D eigenvalue weighted by molar-refractivity contribution is 6.29. The second-order valence-corrected chi connectivity index (χ2v) is 5.36. The van der Waals surface area contributed by atoms with E-state index >= 15 is 0 Å². The second kappa shape index (κ2) is 4.67. The molecule has 14 heavy (non-hydrogen) atoms. The molecule has 80 valence electrons. The summed E-state index contributed by atoms with van der Waals surface area (Å²) in [4.78, 5) is 0. The molecule has 2 heteroatoms. The Labute approximate surface area is 91.9 Å². The molecular weight excluding hydrogens is 194 g/mol. The van der Waals surface area contributed by atoms with Gasteiger partial charge >= 0.3 is 0 Å². The predicted molar refractivity (Wildman–Crippen MR) is 61.4 cm³/mol. The SMILES string of the molecule is CC1C=C(Cl)CC(C2CCNCC2)C1. The van der Waals surface area contributed by atoms with Crippen molar-refractivity contribution in [2.24, 2.45) is 17.8 Å². The lowest BCUT2D eigenvalue weighted by Gasteiger charge is -2.34. The second-order valence-electron chi connectivity index (χ2n) is 4.88. The molecule has 2 atom stereocenters. The average molecular weight is 214 g/mol. The van der Waals surface area contributed by atoms with Gasteiger partial charge in [0.2, 0.25) is 0 Å². The fourth-order valence-corrected chi connectivity index (χ4v) is 3.34. The molecule has 1 N–H and O–H groups in total. The van der Waals surface area contributed by atoms with Crippen molar-refractivity contribution in [1.82, 2.24) is 5.32 Å². The average Bonchev–Trinajstić information content (AvgIpc) is 2.18. The van der Waals surface area contributed by atoms with E-state index in [2.05, 4.69) is 18.3 Å². The molecular formula is C12H20ClN. The van der Waals surface area contributed by atoms with Crippen LogP contribution in [-0.4, -0.2) is 13.1 Å². The van der Waals surface area contributed by atoms with Gasteiger partial charge in [-0.3, -0.25) is 0 Å². The van der Waals surface area contributed by atoms with Gasteiger partial charge in [-0.1, -0.05) is 24.6 Å². The summed E-state index contributed by atoms with van der Waals surface area (Å²) >= 11 is 6.17. The van der Waals surface area contributed by atoms with Gasteiger partial charge in [0, 0.05) is 5.03 Å². The van der Waals surface area contributed by atoms with E-state index in [-0.39, 0.29) is 0 Å². The zero-order chi connectivity index (χ0) is 9.97. The summed E-state index contributed by atoms with van der Waals surface area (Å²) in [6, 6.07) is 0. The molecule has 2 unspecified atom stereocenters. The number of hydrogen-bond donors (Lipinski definition) is 1. The van der Waals surface area contributed by atoms with Crippen molar-refractivity contribution in [3.8, 4) is 0 Å². The first-order valence-corrected chi connectivity index (χ1v) is 6.20. The van der Waals surface area contributed by atoms with E-state index in [9.17, 15) is 0 Å². The van der Waals surface area contributed by atoms with Crippen LogP contribution in [-0.2, 0) is 0 Å².